The summed E-state index contributed by atoms with van der Waals surface area (Å²) in [6.45, 7) is 1.79. The van der Waals surface area contributed by atoms with E-state index in [2.05, 4.69) is 21.0 Å². The van der Waals surface area contributed by atoms with Gasteiger partial charge in [-0.25, -0.2) is 14.3 Å². The predicted octanol–water partition coefficient (Wildman–Crippen LogP) is 2.51. The Morgan fingerprint density at radius 1 is 1.40 bits per heavy atom. The Labute approximate surface area is 123 Å². The van der Waals surface area contributed by atoms with Gasteiger partial charge in [0.1, 0.15) is 5.56 Å². The van der Waals surface area contributed by atoms with Crippen LogP contribution in [0, 0.1) is 0 Å². The number of benzene rings is 1. The molecule has 1 heterocycles. The Balaban J connectivity index is 2.53. The van der Waals surface area contributed by atoms with Gasteiger partial charge in [0.25, 0.3) is 0 Å². The van der Waals surface area contributed by atoms with Gasteiger partial charge in [0.2, 0.25) is 0 Å². The zero-order valence-corrected chi connectivity index (χ0v) is 12.1. The molecule has 104 valence electrons. The summed E-state index contributed by atoms with van der Waals surface area (Å²) in [4.78, 5) is 22.9. The fraction of sp³-hybridized carbons (Fsp3) is 0.154. The van der Waals surface area contributed by atoms with Crippen molar-refractivity contribution in [1.29, 1.82) is 0 Å². The maximum absolute atomic E-state index is 11.7. The van der Waals surface area contributed by atoms with Gasteiger partial charge in [-0.05, 0) is 35.0 Å². The molecule has 0 aliphatic carbocycles. The molecular formula is C13H11BrN2O4. The number of rotatable bonds is 4. The quantitative estimate of drug-likeness (QED) is 0.866. The summed E-state index contributed by atoms with van der Waals surface area (Å²) in [6.07, 6.45) is 1.29. The third kappa shape index (κ3) is 2.72. The molecule has 2 rings (SSSR count). The minimum Gasteiger partial charge on any atom is -0.478 e. The predicted molar refractivity (Wildman–Crippen MR) is 74.2 cm³/mol. The lowest BCUT2D eigenvalue weighted by Crippen LogP contribution is -2.11. The first-order valence-electron chi connectivity index (χ1n) is 5.79. The van der Waals surface area contributed by atoms with Crippen LogP contribution < -0.4 is 0 Å². The van der Waals surface area contributed by atoms with Crippen LogP contribution in [0.4, 0.5) is 0 Å². The first-order chi connectivity index (χ1) is 9.54. The van der Waals surface area contributed by atoms with Crippen molar-refractivity contribution in [1.82, 2.24) is 9.78 Å². The van der Waals surface area contributed by atoms with Crippen molar-refractivity contribution in [2.24, 2.45) is 0 Å². The average Bonchev–Trinajstić information content (AvgIpc) is 2.84. The molecule has 6 nitrogen and oxygen atoms in total. The zero-order chi connectivity index (χ0) is 14.7. The lowest BCUT2D eigenvalue weighted by molar-refractivity contribution is 0.0507. The highest BCUT2D eigenvalue weighted by Gasteiger charge is 2.23. The summed E-state index contributed by atoms with van der Waals surface area (Å²) < 4.78 is 6.87. The molecule has 0 saturated heterocycles. The molecule has 1 aromatic heterocycles. The van der Waals surface area contributed by atoms with Crippen LogP contribution in [0.3, 0.4) is 0 Å². The summed E-state index contributed by atoms with van der Waals surface area (Å²) in [5.41, 5.74) is 0.222. The Morgan fingerprint density at radius 3 is 2.70 bits per heavy atom. The first kappa shape index (κ1) is 14.3. The van der Waals surface area contributed by atoms with Crippen LogP contribution in [-0.2, 0) is 4.74 Å². The topological polar surface area (TPSA) is 81.4 Å². The molecule has 0 bridgehead atoms. The minimum absolute atomic E-state index is 0.153. The van der Waals surface area contributed by atoms with Crippen molar-refractivity contribution in [3.8, 4) is 5.69 Å². The monoisotopic (exact) mass is 338 g/mol. The Hall–Kier alpha value is -2.15. The number of halogens is 1. The number of hydrogen-bond acceptors (Lipinski definition) is 4. The highest BCUT2D eigenvalue weighted by Crippen LogP contribution is 2.21. The highest BCUT2D eigenvalue weighted by molar-refractivity contribution is 9.10. The summed E-state index contributed by atoms with van der Waals surface area (Å²) in [6, 6.07) is 7.15. The smallest absolute Gasteiger partial charge is 0.359 e. The lowest BCUT2D eigenvalue weighted by atomic mass is 10.2. The number of carboxylic acid groups (broad SMARTS) is 1. The molecule has 1 aromatic carbocycles. The molecule has 7 heteroatoms. The molecule has 0 atom stereocenters. The van der Waals surface area contributed by atoms with Gasteiger partial charge < -0.3 is 9.84 Å². The number of para-hydroxylation sites is 1. The number of ether oxygens (including phenoxy) is 1. The summed E-state index contributed by atoms with van der Waals surface area (Å²) in [7, 11) is 0. The van der Waals surface area contributed by atoms with Gasteiger partial charge in [-0.15, -0.1) is 0 Å². The van der Waals surface area contributed by atoms with Crippen LogP contribution >= 0.6 is 15.9 Å². The molecule has 0 spiro atoms. The normalized spacial score (nSPS) is 10.3. The van der Waals surface area contributed by atoms with Crippen LogP contribution in [-0.4, -0.2) is 33.4 Å². The number of carbonyl (C=O) groups excluding carboxylic acids is 1. The molecule has 0 saturated carbocycles. The minimum atomic E-state index is -1.23. The van der Waals surface area contributed by atoms with E-state index in [1.807, 2.05) is 6.07 Å². The number of hydrogen-bond donors (Lipinski definition) is 1. The zero-order valence-electron chi connectivity index (χ0n) is 10.5. The first-order valence-corrected chi connectivity index (χ1v) is 6.59. The maximum atomic E-state index is 11.7. The molecule has 0 fully saturated rings. The third-order valence-corrected chi connectivity index (χ3v) is 3.18. The lowest BCUT2D eigenvalue weighted by Gasteiger charge is -2.03. The standard InChI is InChI=1S/C13H11BrN2O4/c1-2-20-13(19)11-8(12(17)18)7-16(15-11)10-6-4-3-5-9(10)14/h3-7H,2H2,1H3,(H,17,18). The average molecular weight is 339 g/mol. The van der Waals surface area contributed by atoms with Crippen LogP contribution in [0.2, 0.25) is 0 Å². The van der Waals surface area contributed by atoms with Gasteiger partial charge in [-0.2, -0.15) is 5.10 Å². The van der Waals surface area contributed by atoms with Crippen LogP contribution in [0.1, 0.15) is 27.8 Å². The molecule has 0 aliphatic heterocycles. The summed E-state index contributed by atoms with van der Waals surface area (Å²) in [5.74, 6) is -1.98. The van der Waals surface area contributed by atoms with Crippen LogP contribution in [0.25, 0.3) is 5.69 Å². The van der Waals surface area contributed by atoms with E-state index in [-0.39, 0.29) is 17.9 Å². The molecule has 0 unspecified atom stereocenters. The highest BCUT2D eigenvalue weighted by atomic mass is 79.9. The van der Waals surface area contributed by atoms with Crippen molar-refractivity contribution >= 4 is 27.9 Å². The molecule has 1 N–H and O–H groups in total. The van der Waals surface area contributed by atoms with Crippen molar-refractivity contribution in [2.75, 3.05) is 6.61 Å². The molecule has 0 radical (unpaired) electrons. The largest absolute Gasteiger partial charge is 0.478 e. The Morgan fingerprint density at radius 2 is 2.10 bits per heavy atom. The van der Waals surface area contributed by atoms with E-state index in [0.717, 1.165) is 4.47 Å². The second-order valence-electron chi connectivity index (χ2n) is 3.81. The van der Waals surface area contributed by atoms with Gasteiger partial charge in [0.05, 0.1) is 12.3 Å². The van der Waals surface area contributed by atoms with Gasteiger partial charge in [0, 0.05) is 10.7 Å². The Kier molecular flexibility index (Phi) is 4.19. The van der Waals surface area contributed by atoms with Crippen LogP contribution in [0.15, 0.2) is 34.9 Å². The van der Waals surface area contributed by atoms with Crippen molar-refractivity contribution < 1.29 is 19.4 Å². The number of esters is 1. The second kappa shape index (κ2) is 5.87. The Bertz CT molecular complexity index is 666. The summed E-state index contributed by atoms with van der Waals surface area (Å²) >= 11 is 3.35. The molecular weight excluding hydrogens is 328 g/mol. The van der Waals surface area contributed by atoms with E-state index in [0.29, 0.717) is 5.69 Å². The number of nitrogens with zero attached hydrogens (tertiary/aromatic N) is 2. The third-order valence-electron chi connectivity index (χ3n) is 2.51. The maximum Gasteiger partial charge on any atom is 0.359 e. The van der Waals surface area contributed by atoms with Gasteiger partial charge in [-0.1, -0.05) is 12.1 Å². The summed E-state index contributed by atoms with van der Waals surface area (Å²) in [5, 5.41) is 13.2. The van der Waals surface area contributed by atoms with Crippen molar-refractivity contribution in [3.63, 3.8) is 0 Å². The molecule has 0 aliphatic rings. The fourth-order valence-corrected chi connectivity index (χ4v) is 2.11. The van der Waals surface area contributed by atoms with E-state index in [9.17, 15) is 9.59 Å². The van der Waals surface area contributed by atoms with E-state index in [1.54, 1.807) is 25.1 Å². The number of aromatic nitrogens is 2. The number of carbonyl (C=O) groups is 2. The molecule has 2 aromatic rings. The van der Waals surface area contributed by atoms with E-state index in [1.165, 1.54) is 10.9 Å². The van der Waals surface area contributed by atoms with Crippen molar-refractivity contribution in [2.45, 2.75) is 6.92 Å². The number of aromatic carboxylic acids is 1. The van der Waals surface area contributed by atoms with Crippen LogP contribution in [0.5, 0.6) is 0 Å². The van der Waals surface area contributed by atoms with E-state index >= 15 is 0 Å². The second-order valence-corrected chi connectivity index (χ2v) is 4.67. The fourth-order valence-electron chi connectivity index (χ4n) is 1.64. The van der Waals surface area contributed by atoms with E-state index < -0.39 is 11.9 Å². The number of carboxylic acids is 1. The molecule has 0 amide bonds. The van der Waals surface area contributed by atoms with Crippen molar-refractivity contribution in [3.05, 3.63) is 46.2 Å². The van der Waals surface area contributed by atoms with E-state index in [4.69, 9.17) is 9.84 Å². The SMILES string of the molecule is CCOC(=O)c1nn(-c2ccccc2Br)cc1C(=O)O. The van der Waals surface area contributed by atoms with Gasteiger partial charge >= 0.3 is 11.9 Å². The molecule has 20 heavy (non-hydrogen) atoms. The van der Waals surface area contributed by atoms with Gasteiger partial charge in [-0.3, -0.25) is 0 Å². The van der Waals surface area contributed by atoms with Gasteiger partial charge in [0.15, 0.2) is 5.69 Å².